The van der Waals surface area contributed by atoms with E-state index in [2.05, 4.69) is 16.7 Å². The van der Waals surface area contributed by atoms with E-state index in [1.54, 1.807) is 6.92 Å². The summed E-state index contributed by atoms with van der Waals surface area (Å²) in [6, 6.07) is 5.66. The number of amidine groups is 1. The number of hydrogen-bond donors (Lipinski definition) is 0. The van der Waals surface area contributed by atoms with Crippen LogP contribution in [0.25, 0.3) is 0 Å². The van der Waals surface area contributed by atoms with Crippen LogP contribution in [0.1, 0.15) is 12.5 Å². The zero-order valence-corrected chi connectivity index (χ0v) is 8.47. The maximum Gasteiger partial charge on any atom is 0.125 e. The monoisotopic (exact) mass is 194 g/mol. The average Bonchev–Trinajstić information content (AvgIpc) is 2.11. The van der Waals surface area contributed by atoms with E-state index < -0.39 is 0 Å². The van der Waals surface area contributed by atoms with Gasteiger partial charge in [-0.15, -0.1) is 0 Å². The van der Waals surface area contributed by atoms with Gasteiger partial charge in [-0.2, -0.15) is 0 Å². The van der Waals surface area contributed by atoms with E-state index in [0.29, 0.717) is 10.9 Å². The molecule has 0 saturated carbocycles. The van der Waals surface area contributed by atoms with Gasteiger partial charge in [0.15, 0.2) is 0 Å². The van der Waals surface area contributed by atoms with E-state index in [4.69, 9.17) is 11.6 Å². The molecule has 1 aromatic rings. The van der Waals surface area contributed by atoms with Crippen LogP contribution in [0.5, 0.6) is 0 Å². The van der Waals surface area contributed by atoms with Gasteiger partial charge in [0.2, 0.25) is 0 Å². The van der Waals surface area contributed by atoms with Crippen molar-refractivity contribution >= 4 is 29.8 Å². The predicted octanol–water partition coefficient (Wildman–Crippen LogP) is 3.40. The van der Waals surface area contributed by atoms with Gasteiger partial charge in [0.1, 0.15) is 5.84 Å². The van der Waals surface area contributed by atoms with Crippen LogP contribution in [0.4, 0.5) is 5.69 Å². The summed E-state index contributed by atoms with van der Waals surface area (Å²) in [7, 11) is 0. The van der Waals surface area contributed by atoms with Crippen molar-refractivity contribution in [2.75, 3.05) is 0 Å². The lowest BCUT2D eigenvalue weighted by Gasteiger charge is -2.02. The van der Waals surface area contributed by atoms with E-state index in [1.165, 1.54) is 0 Å². The molecule has 0 radical (unpaired) electrons. The highest BCUT2D eigenvalue weighted by Gasteiger charge is 2.01. The molecule has 0 aliphatic heterocycles. The van der Waals surface area contributed by atoms with E-state index >= 15 is 0 Å². The molecular formula is C10H11ClN2. The van der Waals surface area contributed by atoms with Crippen molar-refractivity contribution in [3.8, 4) is 0 Å². The highest BCUT2D eigenvalue weighted by Crippen LogP contribution is 2.28. The maximum absolute atomic E-state index is 5.96. The Hall–Kier alpha value is -1.15. The lowest BCUT2D eigenvalue weighted by Crippen LogP contribution is -1.84. The van der Waals surface area contributed by atoms with Gasteiger partial charge in [-0.3, -0.25) is 0 Å². The number of benzene rings is 1. The maximum atomic E-state index is 5.96. The third-order valence-corrected chi connectivity index (χ3v) is 2.00. The lowest BCUT2D eigenvalue weighted by atomic mass is 10.2. The summed E-state index contributed by atoms with van der Waals surface area (Å²) in [5.41, 5.74) is 1.81. The molecule has 0 aromatic heterocycles. The van der Waals surface area contributed by atoms with Gasteiger partial charge in [-0.25, -0.2) is 9.98 Å². The van der Waals surface area contributed by atoms with Crippen molar-refractivity contribution in [3.05, 3.63) is 28.8 Å². The second kappa shape index (κ2) is 4.19. The van der Waals surface area contributed by atoms with Gasteiger partial charge in [-0.1, -0.05) is 23.7 Å². The van der Waals surface area contributed by atoms with E-state index in [-0.39, 0.29) is 0 Å². The summed E-state index contributed by atoms with van der Waals surface area (Å²) < 4.78 is 0. The SMILES string of the molecule is C=N/C(C)=N\c1c(C)cccc1Cl. The molecule has 1 aromatic carbocycles. The Kier molecular flexibility index (Phi) is 3.20. The van der Waals surface area contributed by atoms with Crippen LogP contribution in [0, 0.1) is 6.92 Å². The average molecular weight is 195 g/mol. The van der Waals surface area contributed by atoms with Crippen molar-refractivity contribution in [1.29, 1.82) is 0 Å². The van der Waals surface area contributed by atoms with Crippen LogP contribution in [-0.4, -0.2) is 12.6 Å². The van der Waals surface area contributed by atoms with Crippen LogP contribution in [0.3, 0.4) is 0 Å². The smallest absolute Gasteiger partial charge is 0.125 e. The third-order valence-electron chi connectivity index (χ3n) is 1.69. The molecule has 0 aliphatic rings. The Morgan fingerprint density at radius 1 is 1.46 bits per heavy atom. The summed E-state index contributed by atoms with van der Waals surface area (Å²) >= 11 is 5.96. The first-order valence-corrected chi connectivity index (χ1v) is 4.30. The molecule has 0 unspecified atom stereocenters. The van der Waals surface area contributed by atoms with Gasteiger partial charge < -0.3 is 0 Å². The first kappa shape index (κ1) is 9.93. The second-order valence-electron chi connectivity index (χ2n) is 2.72. The fourth-order valence-electron chi connectivity index (χ4n) is 0.962. The van der Waals surface area contributed by atoms with Gasteiger partial charge in [0.05, 0.1) is 10.7 Å². The molecule has 1 rings (SSSR count). The molecule has 0 bridgehead atoms. The number of aryl methyl sites for hydroxylation is 1. The zero-order chi connectivity index (χ0) is 9.84. The van der Waals surface area contributed by atoms with E-state index in [0.717, 1.165) is 11.3 Å². The summed E-state index contributed by atoms with van der Waals surface area (Å²) in [6.45, 7) is 7.14. The molecule has 0 atom stereocenters. The van der Waals surface area contributed by atoms with Gasteiger partial charge >= 0.3 is 0 Å². The number of halogens is 1. The topological polar surface area (TPSA) is 24.7 Å². The first-order valence-electron chi connectivity index (χ1n) is 3.92. The van der Waals surface area contributed by atoms with Crippen LogP contribution < -0.4 is 0 Å². The Morgan fingerprint density at radius 3 is 2.69 bits per heavy atom. The van der Waals surface area contributed by atoms with Crippen molar-refractivity contribution in [1.82, 2.24) is 0 Å². The minimum atomic E-state index is 0.621. The molecule has 0 spiro atoms. The van der Waals surface area contributed by atoms with Crippen molar-refractivity contribution < 1.29 is 0 Å². The predicted molar refractivity (Wildman–Crippen MR) is 58.5 cm³/mol. The summed E-state index contributed by atoms with van der Waals surface area (Å²) in [5, 5.41) is 0.642. The fourth-order valence-corrected chi connectivity index (χ4v) is 1.23. The molecule has 0 fully saturated rings. The molecule has 0 amide bonds. The number of rotatable bonds is 1. The minimum Gasteiger partial charge on any atom is -0.250 e. The first-order chi connectivity index (χ1) is 6.15. The van der Waals surface area contributed by atoms with Crippen LogP contribution >= 0.6 is 11.6 Å². The van der Waals surface area contributed by atoms with Crippen LogP contribution in [-0.2, 0) is 0 Å². The number of para-hydroxylation sites is 1. The quantitative estimate of drug-likeness (QED) is 0.484. The lowest BCUT2D eigenvalue weighted by molar-refractivity contribution is 1.37. The molecule has 2 nitrogen and oxygen atoms in total. The summed E-state index contributed by atoms with van der Waals surface area (Å²) in [4.78, 5) is 7.94. The Morgan fingerprint density at radius 2 is 2.15 bits per heavy atom. The molecule has 0 heterocycles. The molecule has 0 N–H and O–H groups in total. The zero-order valence-electron chi connectivity index (χ0n) is 7.71. The van der Waals surface area contributed by atoms with Gasteiger partial charge in [0, 0.05) is 0 Å². The number of hydrogen-bond acceptors (Lipinski definition) is 1. The molecular weight excluding hydrogens is 184 g/mol. The number of aliphatic imine (C=N–C) groups is 2. The van der Waals surface area contributed by atoms with E-state index in [9.17, 15) is 0 Å². The van der Waals surface area contributed by atoms with Gasteiger partial charge in [-0.05, 0) is 32.2 Å². The summed E-state index contributed by atoms with van der Waals surface area (Å²) in [6.07, 6.45) is 0. The molecule has 0 saturated heterocycles. The standard InChI is InChI=1S/C10H11ClN2/c1-7-5-4-6-9(11)10(7)13-8(2)12-3/h4-6H,3H2,1-2H3/b13-8-. The van der Waals surface area contributed by atoms with Crippen molar-refractivity contribution in [2.24, 2.45) is 9.98 Å². The molecule has 13 heavy (non-hydrogen) atoms. The Labute approximate surface area is 83.0 Å². The minimum absolute atomic E-state index is 0.621. The van der Waals surface area contributed by atoms with Crippen LogP contribution in [0.15, 0.2) is 28.2 Å². The second-order valence-corrected chi connectivity index (χ2v) is 3.13. The van der Waals surface area contributed by atoms with Crippen molar-refractivity contribution in [2.45, 2.75) is 13.8 Å². The largest absolute Gasteiger partial charge is 0.250 e. The van der Waals surface area contributed by atoms with Gasteiger partial charge in [0.25, 0.3) is 0 Å². The van der Waals surface area contributed by atoms with E-state index in [1.807, 2.05) is 25.1 Å². The Balaban J connectivity index is 3.21. The highest BCUT2D eigenvalue weighted by molar-refractivity contribution is 6.33. The Bertz CT molecular complexity index is 336. The highest BCUT2D eigenvalue weighted by atomic mass is 35.5. The molecule has 68 valence electrons. The van der Waals surface area contributed by atoms with Crippen LogP contribution in [0.2, 0.25) is 5.02 Å². The van der Waals surface area contributed by atoms with Crippen molar-refractivity contribution in [3.63, 3.8) is 0 Å². The molecule has 3 heteroatoms. The normalized spacial score (nSPS) is 11.5. The fraction of sp³-hybridized carbons (Fsp3) is 0.200. The number of nitrogens with zero attached hydrogens (tertiary/aromatic N) is 2. The third kappa shape index (κ3) is 2.39. The summed E-state index contributed by atoms with van der Waals surface area (Å²) in [5.74, 6) is 0.621. The molecule has 0 aliphatic carbocycles.